The number of hydrogen-bond acceptors (Lipinski definition) is 2. The molecule has 5 nitrogen and oxygen atoms in total. The summed E-state index contributed by atoms with van der Waals surface area (Å²) in [5.74, 6) is -1.22. The second-order valence-corrected chi connectivity index (χ2v) is 5.29. The Hall–Kier alpha value is -1.30. The Morgan fingerprint density at radius 2 is 2.29 bits per heavy atom. The number of carboxylic acids is 1. The molecular formula is C11H13BrN2O3. The van der Waals surface area contributed by atoms with Gasteiger partial charge in [-0.3, -0.25) is 4.79 Å². The third kappa shape index (κ3) is 1.97. The van der Waals surface area contributed by atoms with Crippen LogP contribution in [0.15, 0.2) is 16.7 Å². The maximum absolute atomic E-state index is 12.2. The van der Waals surface area contributed by atoms with Gasteiger partial charge < -0.3 is 15.0 Å². The molecule has 0 spiro atoms. The molecule has 17 heavy (non-hydrogen) atoms. The van der Waals surface area contributed by atoms with Gasteiger partial charge in [0.1, 0.15) is 11.2 Å². The third-order valence-corrected chi connectivity index (χ3v) is 3.68. The van der Waals surface area contributed by atoms with Crippen LogP contribution in [0.3, 0.4) is 0 Å². The molecule has 1 aliphatic rings. The normalized spacial score (nSPS) is 24.0. The van der Waals surface area contributed by atoms with Crippen molar-refractivity contribution in [3.05, 3.63) is 22.4 Å². The predicted molar refractivity (Wildman–Crippen MR) is 64.8 cm³/mol. The molecular weight excluding hydrogens is 288 g/mol. The van der Waals surface area contributed by atoms with Crippen LogP contribution in [-0.4, -0.2) is 39.0 Å². The highest BCUT2D eigenvalue weighted by Gasteiger charge is 2.46. The van der Waals surface area contributed by atoms with Crippen molar-refractivity contribution in [1.82, 2.24) is 9.88 Å². The van der Waals surface area contributed by atoms with Crippen molar-refractivity contribution in [3.8, 4) is 0 Å². The first-order valence-electron chi connectivity index (χ1n) is 5.34. The molecule has 1 unspecified atom stereocenters. The average molecular weight is 301 g/mol. The van der Waals surface area contributed by atoms with E-state index in [1.807, 2.05) is 0 Å². The number of halogens is 1. The standard InChI is InChI=1S/C11H13BrN2O3/c1-11(10(16)17)3-2-4-14(11)9(15)8-5-7(12)6-13-8/h5-6,13H,2-4H2,1H3,(H,16,17). The molecule has 1 fully saturated rings. The van der Waals surface area contributed by atoms with Crippen LogP contribution in [0.2, 0.25) is 0 Å². The number of carboxylic acid groups (broad SMARTS) is 1. The van der Waals surface area contributed by atoms with Gasteiger partial charge >= 0.3 is 5.97 Å². The van der Waals surface area contributed by atoms with E-state index in [2.05, 4.69) is 20.9 Å². The molecule has 1 saturated heterocycles. The van der Waals surface area contributed by atoms with Crippen LogP contribution >= 0.6 is 15.9 Å². The Labute approximate surface area is 107 Å². The first-order chi connectivity index (χ1) is 7.95. The zero-order chi connectivity index (χ0) is 12.6. The van der Waals surface area contributed by atoms with E-state index in [1.165, 1.54) is 4.90 Å². The van der Waals surface area contributed by atoms with Crippen molar-refractivity contribution in [2.45, 2.75) is 25.3 Å². The molecule has 0 bridgehead atoms. The van der Waals surface area contributed by atoms with Crippen LogP contribution in [0.4, 0.5) is 0 Å². The molecule has 0 saturated carbocycles. The number of aromatic amines is 1. The van der Waals surface area contributed by atoms with Gasteiger partial charge in [-0.2, -0.15) is 0 Å². The number of likely N-dealkylation sites (tertiary alicyclic amines) is 1. The average Bonchev–Trinajstić information content (AvgIpc) is 2.85. The molecule has 0 aromatic carbocycles. The number of aliphatic carboxylic acids is 1. The van der Waals surface area contributed by atoms with Gasteiger partial charge in [-0.1, -0.05) is 0 Å². The lowest BCUT2D eigenvalue weighted by Crippen LogP contribution is -2.50. The molecule has 0 aliphatic carbocycles. The summed E-state index contributed by atoms with van der Waals surface area (Å²) >= 11 is 3.25. The molecule has 1 amide bonds. The summed E-state index contributed by atoms with van der Waals surface area (Å²) in [6.07, 6.45) is 2.87. The number of H-pyrrole nitrogens is 1. The van der Waals surface area contributed by atoms with Crippen LogP contribution in [0.5, 0.6) is 0 Å². The van der Waals surface area contributed by atoms with Crippen molar-refractivity contribution >= 4 is 27.8 Å². The first-order valence-corrected chi connectivity index (χ1v) is 6.14. The quantitative estimate of drug-likeness (QED) is 0.875. The molecule has 1 aromatic heterocycles. The van der Waals surface area contributed by atoms with Gasteiger partial charge in [0.25, 0.3) is 5.91 Å². The molecule has 1 aromatic rings. The minimum atomic E-state index is -1.09. The first kappa shape index (κ1) is 12.2. The van der Waals surface area contributed by atoms with Crippen molar-refractivity contribution in [1.29, 1.82) is 0 Å². The largest absolute Gasteiger partial charge is 0.480 e. The van der Waals surface area contributed by atoms with Gasteiger partial charge in [-0.05, 0) is 41.8 Å². The van der Waals surface area contributed by atoms with Gasteiger partial charge in [0.05, 0.1) is 0 Å². The fourth-order valence-electron chi connectivity index (χ4n) is 2.15. The van der Waals surface area contributed by atoms with Crippen LogP contribution < -0.4 is 0 Å². The number of carbonyl (C=O) groups is 2. The Balaban J connectivity index is 2.28. The zero-order valence-corrected chi connectivity index (χ0v) is 11.0. The monoisotopic (exact) mass is 300 g/mol. The Morgan fingerprint density at radius 3 is 2.82 bits per heavy atom. The van der Waals surface area contributed by atoms with Gasteiger partial charge in [0.2, 0.25) is 0 Å². The van der Waals surface area contributed by atoms with Gasteiger partial charge in [0, 0.05) is 17.2 Å². The topological polar surface area (TPSA) is 73.4 Å². The molecule has 1 atom stereocenters. The van der Waals surface area contributed by atoms with E-state index >= 15 is 0 Å². The minimum Gasteiger partial charge on any atom is -0.480 e. The van der Waals surface area contributed by atoms with E-state index in [9.17, 15) is 14.7 Å². The molecule has 2 rings (SSSR count). The summed E-state index contributed by atoms with van der Waals surface area (Å²) < 4.78 is 0.775. The van der Waals surface area contributed by atoms with Crippen LogP contribution in [0.25, 0.3) is 0 Å². The summed E-state index contributed by atoms with van der Waals surface area (Å²) in [6, 6.07) is 1.66. The maximum atomic E-state index is 12.2. The van der Waals surface area contributed by atoms with Crippen molar-refractivity contribution in [3.63, 3.8) is 0 Å². The summed E-state index contributed by atoms with van der Waals surface area (Å²) in [7, 11) is 0. The number of aromatic nitrogens is 1. The molecule has 92 valence electrons. The summed E-state index contributed by atoms with van der Waals surface area (Å²) in [4.78, 5) is 27.7. The molecule has 1 aliphatic heterocycles. The van der Waals surface area contributed by atoms with E-state index in [1.54, 1.807) is 19.2 Å². The van der Waals surface area contributed by atoms with Crippen LogP contribution in [0.1, 0.15) is 30.3 Å². The number of nitrogens with one attached hydrogen (secondary N) is 1. The third-order valence-electron chi connectivity index (χ3n) is 3.23. The highest BCUT2D eigenvalue weighted by molar-refractivity contribution is 9.10. The van der Waals surface area contributed by atoms with E-state index in [4.69, 9.17) is 0 Å². The minimum absolute atomic E-state index is 0.266. The van der Waals surface area contributed by atoms with E-state index in [0.29, 0.717) is 18.7 Å². The van der Waals surface area contributed by atoms with Gasteiger partial charge in [-0.25, -0.2) is 4.79 Å². The number of nitrogens with zero attached hydrogens (tertiary/aromatic N) is 1. The molecule has 6 heteroatoms. The van der Waals surface area contributed by atoms with Gasteiger partial charge in [0.15, 0.2) is 0 Å². The lowest BCUT2D eigenvalue weighted by atomic mass is 9.99. The number of carbonyl (C=O) groups excluding carboxylic acids is 1. The fraction of sp³-hybridized carbons (Fsp3) is 0.455. The lowest BCUT2D eigenvalue weighted by molar-refractivity contribution is -0.147. The predicted octanol–water partition coefficient (Wildman–Crippen LogP) is 1.86. The summed E-state index contributed by atoms with van der Waals surface area (Å²) in [5, 5.41) is 9.23. The second kappa shape index (κ2) is 4.18. The maximum Gasteiger partial charge on any atom is 0.329 e. The van der Waals surface area contributed by atoms with Crippen LogP contribution in [-0.2, 0) is 4.79 Å². The molecule has 2 N–H and O–H groups in total. The van der Waals surface area contributed by atoms with E-state index in [-0.39, 0.29) is 5.91 Å². The Morgan fingerprint density at radius 1 is 1.59 bits per heavy atom. The SMILES string of the molecule is CC1(C(=O)O)CCCN1C(=O)c1cc(Br)c[nH]1. The summed E-state index contributed by atoms with van der Waals surface area (Å²) in [6.45, 7) is 2.08. The Kier molecular flexibility index (Phi) is 2.99. The zero-order valence-electron chi connectivity index (χ0n) is 9.36. The smallest absolute Gasteiger partial charge is 0.329 e. The molecule has 0 radical (unpaired) electrons. The highest BCUT2D eigenvalue weighted by Crippen LogP contribution is 2.30. The highest BCUT2D eigenvalue weighted by atomic mass is 79.9. The lowest BCUT2D eigenvalue weighted by Gasteiger charge is -2.30. The van der Waals surface area contributed by atoms with Crippen LogP contribution in [0, 0.1) is 0 Å². The van der Waals surface area contributed by atoms with Crippen molar-refractivity contribution in [2.75, 3.05) is 6.54 Å². The summed E-state index contributed by atoms with van der Waals surface area (Å²) in [5.41, 5.74) is -0.680. The number of hydrogen-bond donors (Lipinski definition) is 2. The number of amides is 1. The fourth-order valence-corrected chi connectivity index (χ4v) is 2.49. The van der Waals surface area contributed by atoms with E-state index in [0.717, 1.165) is 10.9 Å². The van der Waals surface area contributed by atoms with Gasteiger partial charge in [-0.15, -0.1) is 0 Å². The Bertz CT molecular complexity index is 471. The second-order valence-electron chi connectivity index (χ2n) is 4.37. The van der Waals surface area contributed by atoms with Crippen molar-refractivity contribution < 1.29 is 14.7 Å². The molecule has 2 heterocycles. The van der Waals surface area contributed by atoms with Crippen molar-refractivity contribution in [2.24, 2.45) is 0 Å². The van der Waals surface area contributed by atoms with E-state index < -0.39 is 11.5 Å². The number of rotatable bonds is 2.